The van der Waals surface area contributed by atoms with Crippen molar-refractivity contribution >= 4 is 27.7 Å². The number of nitrogens with one attached hydrogen (secondary N) is 1. The molecule has 2 aliphatic heterocycles. The van der Waals surface area contributed by atoms with E-state index in [4.69, 9.17) is 4.74 Å². The molecule has 0 saturated carbocycles. The third-order valence-electron chi connectivity index (χ3n) is 4.67. The Balaban J connectivity index is 1.61. The molecule has 0 radical (unpaired) electrons. The molecule has 3 rings (SSSR count). The van der Waals surface area contributed by atoms with E-state index in [9.17, 15) is 18.0 Å². The zero-order valence-electron chi connectivity index (χ0n) is 15.3. The van der Waals surface area contributed by atoms with Gasteiger partial charge in [0.15, 0.2) is 6.61 Å². The lowest BCUT2D eigenvalue weighted by atomic mass is 10.0. The van der Waals surface area contributed by atoms with Crippen LogP contribution in [0.4, 0.5) is 0 Å². The van der Waals surface area contributed by atoms with E-state index in [0.717, 1.165) is 12.8 Å². The number of nitrogens with zero attached hydrogens (tertiary/aromatic N) is 2. The highest BCUT2D eigenvalue weighted by atomic mass is 32.2. The Labute approximate surface area is 158 Å². The number of carbonyl (C=O) groups is 2. The molecule has 8 nitrogen and oxygen atoms in total. The number of ether oxygens (including phenoxy) is 1. The molecule has 27 heavy (non-hydrogen) atoms. The SMILES string of the molecule is CC1CCCN(C(=O)COC(=O)C(C)N=C2NS(=O)(=O)c3ccccc32)C1. The van der Waals surface area contributed by atoms with Gasteiger partial charge in [-0.15, -0.1) is 0 Å². The second-order valence-electron chi connectivity index (χ2n) is 6.95. The minimum atomic E-state index is -3.67. The van der Waals surface area contributed by atoms with Gasteiger partial charge in [0.1, 0.15) is 11.9 Å². The number of amides is 1. The third kappa shape index (κ3) is 4.29. The number of esters is 1. The van der Waals surface area contributed by atoms with Crippen LogP contribution < -0.4 is 4.72 Å². The molecule has 1 amide bonds. The van der Waals surface area contributed by atoms with Crippen LogP contribution in [0.5, 0.6) is 0 Å². The lowest BCUT2D eigenvalue weighted by Crippen LogP contribution is -2.41. The first-order valence-electron chi connectivity index (χ1n) is 8.92. The largest absolute Gasteiger partial charge is 0.454 e. The fourth-order valence-corrected chi connectivity index (χ4v) is 4.48. The number of rotatable bonds is 4. The maximum absolute atomic E-state index is 12.2. The lowest BCUT2D eigenvalue weighted by molar-refractivity contribution is -0.153. The van der Waals surface area contributed by atoms with Gasteiger partial charge < -0.3 is 9.64 Å². The molecule has 2 atom stereocenters. The van der Waals surface area contributed by atoms with Crippen molar-refractivity contribution in [1.82, 2.24) is 9.62 Å². The molecule has 1 N–H and O–H groups in total. The number of piperidine rings is 1. The average molecular weight is 393 g/mol. The number of benzene rings is 1. The molecule has 2 aliphatic rings. The smallest absolute Gasteiger partial charge is 0.331 e. The van der Waals surface area contributed by atoms with Crippen LogP contribution in [0, 0.1) is 5.92 Å². The van der Waals surface area contributed by atoms with Crippen LogP contribution in [0.2, 0.25) is 0 Å². The number of hydrogen-bond acceptors (Lipinski definition) is 6. The van der Waals surface area contributed by atoms with Crippen LogP contribution in [-0.4, -0.2) is 56.8 Å². The van der Waals surface area contributed by atoms with E-state index in [1.807, 2.05) is 0 Å². The summed E-state index contributed by atoms with van der Waals surface area (Å²) in [4.78, 5) is 30.3. The van der Waals surface area contributed by atoms with Gasteiger partial charge in [0.2, 0.25) is 0 Å². The molecule has 2 heterocycles. The molecule has 9 heteroatoms. The summed E-state index contributed by atoms with van der Waals surface area (Å²) in [6, 6.07) is 5.46. The van der Waals surface area contributed by atoms with E-state index in [1.165, 1.54) is 13.0 Å². The number of sulfonamides is 1. The Morgan fingerprint density at radius 3 is 2.85 bits per heavy atom. The molecule has 1 aromatic rings. The van der Waals surface area contributed by atoms with E-state index in [0.29, 0.717) is 24.6 Å². The van der Waals surface area contributed by atoms with Crippen molar-refractivity contribution < 1.29 is 22.7 Å². The second-order valence-corrected chi connectivity index (χ2v) is 8.60. The van der Waals surface area contributed by atoms with Gasteiger partial charge in [-0.25, -0.2) is 13.2 Å². The Hall–Kier alpha value is -2.42. The van der Waals surface area contributed by atoms with Crippen molar-refractivity contribution in [3.8, 4) is 0 Å². The van der Waals surface area contributed by atoms with Crippen molar-refractivity contribution in [1.29, 1.82) is 0 Å². The molecule has 0 aromatic heterocycles. The predicted octanol–water partition coefficient (Wildman–Crippen LogP) is 0.915. The molecular formula is C18H23N3O5S. The Morgan fingerprint density at radius 1 is 1.37 bits per heavy atom. The molecule has 0 aliphatic carbocycles. The van der Waals surface area contributed by atoms with E-state index in [2.05, 4.69) is 16.6 Å². The van der Waals surface area contributed by atoms with Gasteiger partial charge >= 0.3 is 5.97 Å². The standard InChI is InChI=1S/C18H23N3O5S/c1-12-6-5-9-21(10-12)16(22)11-26-18(23)13(2)19-17-14-7-3-4-8-15(14)27(24,25)20-17/h3-4,7-8,12-13H,5-6,9-11H2,1-2H3,(H,19,20). The summed E-state index contributed by atoms with van der Waals surface area (Å²) >= 11 is 0. The molecule has 1 aromatic carbocycles. The zero-order valence-corrected chi connectivity index (χ0v) is 16.2. The maximum Gasteiger partial charge on any atom is 0.331 e. The van der Waals surface area contributed by atoms with Crippen LogP contribution in [0.25, 0.3) is 0 Å². The van der Waals surface area contributed by atoms with Crippen molar-refractivity contribution in [3.05, 3.63) is 29.8 Å². The highest BCUT2D eigenvalue weighted by Gasteiger charge is 2.31. The molecule has 2 unspecified atom stereocenters. The van der Waals surface area contributed by atoms with Gasteiger partial charge in [-0.05, 0) is 37.8 Å². The summed E-state index contributed by atoms with van der Waals surface area (Å²) in [6.45, 7) is 4.61. The monoisotopic (exact) mass is 393 g/mol. The zero-order chi connectivity index (χ0) is 19.6. The quantitative estimate of drug-likeness (QED) is 0.766. The summed E-state index contributed by atoms with van der Waals surface area (Å²) in [6.07, 6.45) is 2.04. The molecular weight excluding hydrogens is 370 g/mol. The van der Waals surface area contributed by atoms with Crippen LogP contribution in [0.1, 0.15) is 32.3 Å². The van der Waals surface area contributed by atoms with Crippen molar-refractivity contribution in [2.45, 2.75) is 37.6 Å². The summed E-state index contributed by atoms with van der Waals surface area (Å²) in [5.74, 6) is -0.350. The lowest BCUT2D eigenvalue weighted by Gasteiger charge is -2.30. The van der Waals surface area contributed by atoms with Crippen molar-refractivity contribution in [3.63, 3.8) is 0 Å². The van der Waals surface area contributed by atoms with E-state index < -0.39 is 22.0 Å². The summed E-state index contributed by atoms with van der Waals surface area (Å²) in [7, 11) is -3.67. The minimum absolute atomic E-state index is 0.103. The number of amidine groups is 1. The Kier molecular flexibility index (Phi) is 5.50. The number of likely N-dealkylation sites (tertiary alicyclic amines) is 1. The summed E-state index contributed by atoms with van der Waals surface area (Å²) in [5, 5.41) is 0. The number of fused-ring (bicyclic) bond motifs is 1. The fourth-order valence-electron chi connectivity index (χ4n) is 3.24. The Morgan fingerprint density at radius 2 is 2.11 bits per heavy atom. The van der Waals surface area contributed by atoms with E-state index in [1.54, 1.807) is 23.1 Å². The normalized spacial score (nSPS) is 23.4. The molecule has 1 saturated heterocycles. The fraction of sp³-hybridized carbons (Fsp3) is 0.500. The Bertz CT molecular complexity index is 881. The van der Waals surface area contributed by atoms with Gasteiger partial charge in [-0.2, -0.15) is 0 Å². The van der Waals surface area contributed by atoms with Crippen LogP contribution >= 0.6 is 0 Å². The molecule has 146 valence electrons. The van der Waals surface area contributed by atoms with E-state index >= 15 is 0 Å². The van der Waals surface area contributed by atoms with Gasteiger partial charge in [0.05, 0.1) is 4.90 Å². The molecule has 1 fully saturated rings. The van der Waals surface area contributed by atoms with Crippen LogP contribution in [0.3, 0.4) is 0 Å². The number of aliphatic imine (C=N–C) groups is 1. The highest BCUT2D eigenvalue weighted by molar-refractivity contribution is 7.90. The topological polar surface area (TPSA) is 105 Å². The van der Waals surface area contributed by atoms with Crippen molar-refractivity contribution in [2.24, 2.45) is 10.9 Å². The second kappa shape index (κ2) is 7.67. The number of carbonyl (C=O) groups excluding carboxylic acids is 2. The van der Waals surface area contributed by atoms with Crippen LogP contribution in [-0.2, 0) is 24.3 Å². The van der Waals surface area contributed by atoms with Crippen LogP contribution in [0.15, 0.2) is 34.2 Å². The van der Waals surface area contributed by atoms with E-state index in [-0.39, 0.29) is 23.2 Å². The van der Waals surface area contributed by atoms with Gasteiger partial charge in [0, 0.05) is 18.7 Å². The maximum atomic E-state index is 12.2. The van der Waals surface area contributed by atoms with Crippen molar-refractivity contribution in [2.75, 3.05) is 19.7 Å². The first-order valence-corrected chi connectivity index (χ1v) is 10.4. The first-order chi connectivity index (χ1) is 12.8. The number of hydrogen-bond donors (Lipinski definition) is 1. The predicted molar refractivity (Wildman–Crippen MR) is 98.7 cm³/mol. The average Bonchev–Trinajstić information content (AvgIpc) is 2.90. The molecule has 0 bridgehead atoms. The third-order valence-corrected chi connectivity index (χ3v) is 6.07. The summed E-state index contributed by atoms with van der Waals surface area (Å²) < 4.78 is 31.6. The summed E-state index contributed by atoms with van der Waals surface area (Å²) in [5.41, 5.74) is 0.413. The highest BCUT2D eigenvalue weighted by Crippen LogP contribution is 2.22. The molecule has 0 spiro atoms. The van der Waals surface area contributed by atoms with Gasteiger partial charge in [-0.1, -0.05) is 19.1 Å². The van der Waals surface area contributed by atoms with Gasteiger partial charge in [0.25, 0.3) is 15.9 Å². The minimum Gasteiger partial charge on any atom is -0.454 e. The van der Waals surface area contributed by atoms with Gasteiger partial charge in [-0.3, -0.25) is 14.5 Å². The first kappa shape index (κ1) is 19.3.